The van der Waals surface area contributed by atoms with Crippen molar-refractivity contribution in [2.45, 2.75) is 32.3 Å². The molecule has 0 aliphatic heterocycles. The predicted octanol–water partition coefficient (Wildman–Crippen LogP) is 3.31. The van der Waals surface area contributed by atoms with Gasteiger partial charge in [0.05, 0.1) is 11.0 Å². The summed E-state index contributed by atoms with van der Waals surface area (Å²) in [6, 6.07) is 1.95. The zero-order valence-corrected chi connectivity index (χ0v) is 12.0. The van der Waals surface area contributed by atoms with Crippen molar-refractivity contribution in [3.63, 3.8) is 0 Å². The van der Waals surface area contributed by atoms with Crippen LogP contribution in [-0.4, -0.2) is 27.2 Å². The number of halogens is 1. The van der Waals surface area contributed by atoms with Crippen LogP contribution in [0.3, 0.4) is 0 Å². The second kappa shape index (κ2) is 5.38. The van der Waals surface area contributed by atoms with E-state index >= 15 is 0 Å². The van der Waals surface area contributed by atoms with Gasteiger partial charge in [-0.05, 0) is 35.9 Å². The zero-order valence-electron chi connectivity index (χ0n) is 10.4. The van der Waals surface area contributed by atoms with E-state index in [1.54, 1.807) is 0 Å². The third-order valence-electron chi connectivity index (χ3n) is 3.20. The van der Waals surface area contributed by atoms with Gasteiger partial charge >= 0.3 is 0 Å². The summed E-state index contributed by atoms with van der Waals surface area (Å²) >= 11 is 7.40. The molecule has 2 heterocycles. The van der Waals surface area contributed by atoms with Gasteiger partial charge in [0, 0.05) is 6.54 Å². The second-order valence-electron chi connectivity index (χ2n) is 4.27. The Bertz CT molecular complexity index is 539. The molecular formula is C12H16ClN3OS. The van der Waals surface area contributed by atoms with Gasteiger partial charge in [-0.2, -0.15) is 0 Å². The van der Waals surface area contributed by atoms with Crippen molar-refractivity contribution in [1.29, 1.82) is 0 Å². The van der Waals surface area contributed by atoms with Gasteiger partial charge in [-0.15, -0.1) is 11.3 Å². The third-order valence-corrected chi connectivity index (χ3v) is 4.17. The monoisotopic (exact) mass is 285 g/mol. The van der Waals surface area contributed by atoms with E-state index in [0.29, 0.717) is 25.2 Å². The van der Waals surface area contributed by atoms with Crippen molar-refractivity contribution < 1.29 is 5.11 Å². The molecule has 0 unspecified atom stereocenters. The highest BCUT2D eigenvalue weighted by atomic mass is 35.5. The molecule has 0 aliphatic rings. The molecule has 0 saturated carbocycles. The summed E-state index contributed by atoms with van der Waals surface area (Å²) < 4.78 is 0. The van der Waals surface area contributed by atoms with E-state index in [1.807, 2.05) is 25.3 Å². The van der Waals surface area contributed by atoms with Crippen molar-refractivity contribution in [3.05, 3.63) is 16.7 Å². The summed E-state index contributed by atoms with van der Waals surface area (Å²) in [5, 5.41) is 16.5. The fourth-order valence-corrected chi connectivity index (χ4v) is 2.70. The van der Waals surface area contributed by atoms with Gasteiger partial charge in [0.1, 0.15) is 10.6 Å². The van der Waals surface area contributed by atoms with Gasteiger partial charge < -0.3 is 10.4 Å². The first kappa shape index (κ1) is 13.5. The number of aromatic nitrogens is 2. The summed E-state index contributed by atoms with van der Waals surface area (Å²) in [4.78, 5) is 9.19. The van der Waals surface area contributed by atoms with Crippen molar-refractivity contribution in [1.82, 2.24) is 9.97 Å². The number of anilines is 1. The predicted molar refractivity (Wildman–Crippen MR) is 76.4 cm³/mol. The minimum Gasteiger partial charge on any atom is -0.388 e. The van der Waals surface area contributed by atoms with E-state index in [4.69, 9.17) is 11.6 Å². The standard InChI is InChI=1S/C12H16ClN3OS/c1-3-12(17,4-2)7-14-9-8-5-6-18-10(8)16-11(13)15-9/h5-6,17H,3-4,7H2,1-2H3,(H,14,15,16). The Balaban J connectivity index is 2.24. The maximum absolute atomic E-state index is 10.2. The molecular weight excluding hydrogens is 270 g/mol. The molecule has 98 valence electrons. The molecule has 0 spiro atoms. The largest absolute Gasteiger partial charge is 0.388 e. The molecule has 0 amide bonds. The lowest BCUT2D eigenvalue weighted by atomic mass is 9.98. The topological polar surface area (TPSA) is 58.0 Å². The van der Waals surface area contributed by atoms with Crippen LogP contribution in [0.4, 0.5) is 5.82 Å². The number of nitrogens with zero attached hydrogens (tertiary/aromatic N) is 2. The van der Waals surface area contributed by atoms with Crippen molar-refractivity contribution in [3.8, 4) is 0 Å². The first-order chi connectivity index (χ1) is 8.58. The van der Waals surface area contributed by atoms with E-state index in [2.05, 4.69) is 15.3 Å². The van der Waals surface area contributed by atoms with Crippen LogP contribution in [0, 0.1) is 0 Å². The molecule has 4 nitrogen and oxygen atoms in total. The molecule has 2 rings (SSSR count). The molecule has 2 N–H and O–H groups in total. The number of aliphatic hydroxyl groups is 1. The van der Waals surface area contributed by atoms with Gasteiger partial charge in [0.2, 0.25) is 5.28 Å². The van der Waals surface area contributed by atoms with Crippen LogP contribution in [0.2, 0.25) is 5.28 Å². The molecule has 6 heteroatoms. The summed E-state index contributed by atoms with van der Waals surface area (Å²) in [7, 11) is 0. The number of fused-ring (bicyclic) bond motifs is 1. The summed E-state index contributed by atoms with van der Waals surface area (Å²) in [6.07, 6.45) is 1.39. The zero-order chi connectivity index (χ0) is 13.2. The number of rotatable bonds is 5. The minimum absolute atomic E-state index is 0.226. The van der Waals surface area contributed by atoms with Gasteiger partial charge in [-0.3, -0.25) is 0 Å². The van der Waals surface area contributed by atoms with E-state index in [9.17, 15) is 5.11 Å². The lowest BCUT2D eigenvalue weighted by Crippen LogP contribution is -2.35. The Morgan fingerprint density at radius 3 is 2.78 bits per heavy atom. The number of hydrogen-bond acceptors (Lipinski definition) is 5. The van der Waals surface area contributed by atoms with Crippen LogP contribution in [0.5, 0.6) is 0 Å². The fraction of sp³-hybridized carbons (Fsp3) is 0.500. The average Bonchev–Trinajstić information content (AvgIpc) is 2.83. The lowest BCUT2D eigenvalue weighted by Gasteiger charge is -2.25. The molecule has 0 aliphatic carbocycles. The third kappa shape index (κ3) is 2.74. The first-order valence-corrected chi connectivity index (χ1v) is 7.20. The molecule has 2 aromatic rings. The molecule has 0 bridgehead atoms. The highest BCUT2D eigenvalue weighted by Crippen LogP contribution is 2.27. The summed E-state index contributed by atoms with van der Waals surface area (Å²) in [5.41, 5.74) is -0.709. The normalized spacial score (nSPS) is 12.0. The SMILES string of the molecule is CCC(O)(CC)CNc1nc(Cl)nc2sccc12. The number of thiophene rings is 1. The minimum atomic E-state index is -0.709. The van der Waals surface area contributed by atoms with Crippen molar-refractivity contribution in [2.24, 2.45) is 0 Å². The first-order valence-electron chi connectivity index (χ1n) is 5.95. The van der Waals surface area contributed by atoms with Crippen LogP contribution in [0.1, 0.15) is 26.7 Å². The van der Waals surface area contributed by atoms with Crippen LogP contribution >= 0.6 is 22.9 Å². The van der Waals surface area contributed by atoms with E-state index in [1.165, 1.54) is 11.3 Å². The smallest absolute Gasteiger partial charge is 0.225 e. The molecule has 0 aromatic carbocycles. The molecule has 18 heavy (non-hydrogen) atoms. The van der Waals surface area contributed by atoms with E-state index < -0.39 is 5.60 Å². The lowest BCUT2D eigenvalue weighted by molar-refractivity contribution is 0.0456. The van der Waals surface area contributed by atoms with Crippen molar-refractivity contribution in [2.75, 3.05) is 11.9 Å². The van der Waals surface area contributed by atoms with Gasteiger partial charge in [0.15, 0.2) is 0 Å². The molecule has 0 fully saturated rings. The Kier molecular flexibility index (Phi) is 4.04. The maximum Gasteiger partial charge on any atom is 0.225 e. The average molecular weight is 286 g/mol. The molecule has 2 aromatic heterocycles. The van der Waals surface area contributed by atoms with Crippen LogP contribution in [-0.2, 0) is 0 Å². The fourth-order valence-electron chi connectivity index (χ4n) is 1.71. The van der Waals surface area contributed by atoms with Gasteiger partial charge in [-0.1, -0.05) is 13.8 Å². The van der Waals surface area contributed by atoms with E-state index in [0.717, 1.165) is 10.2 Å². The number of hydrogen-bond donors (Lipinski definition) is 2. The van der Waals surface area contributed by atoms with Crippen molar-refractivity contribution >= 4 is 39.0 Å². The Morgan fingerprint density at radius 1 is 1.39 bits per heavy atom. The highest BCUT2D eigenvalue weighted by Gasteiger charge is 2.22. The molecule has 0 saturated heterocycles. The van der Waals surface area contributed by atoms with Gasteiger partial charge in [-0.25, -0.2) is 9.97 Å². The van der Waals surface area contributed by atoms with E-state index in [-0.39, 0.29) is 5.28 Å². The van der Waals surface area contributed by atoms with Crippen LogP contribution in [0.25, 0.3) is 10.2 Å². The van der Waals surface area contributed by atoms with Crippen LogP contribution in [0.15, 0.2) is 11.4 Å². The molecule has 0 atom stereocenters. The Hall–Kier alpha value is -0.910. The van der Waals surface area contributed by atoms with Crippen LogP contribution < -0.4 is 5.32 Å². The number of nitrogens with one attached hydrogen (secondary N) is 1. The maximum atomic E-state index is 10.2. The Morgan fingerprint density at radius 2 is 2.11 bits per heavy atom. The van der Waals surface area contributed by atoms with Gasteiger partial charge in [0.25, 0.3) is 0 Å². The second-order valence-corrected chi connectivity index (χ2v) is 5.50. The Labute approximate surface area is 115 Å². The molecule has 0 radical (unpaired) electrons. The summed E-state index contributed by atoms with van der Waals surface area (Å²) in [5.74, 6) is 0.687. The quantitative estimate of drug-likeness (QED) is 0.828. The highest BCUT2D eigenvalue weighted by molar-refractivity contribution is 7.16. The summed E-state index contributed by atoms with van der Waals surface area (Å²) in [6.45, 7) is 4.40.